The standard InChI is InChI=1S/C11H18BrN3O2S2/c1-8-7-14(2)3-4-15(8)19(16,17)10-5-9(6-13)18-11(10)12/h5,8H,3-4,6-7,13H2,1-2H3. The number of halogens is 1. The Bertz CT molecular complexity index is 558. The maximum absolute atomic E-state index is 12.7. The van der Waals surface area contributed by atoms with Gasteiger partial charge in [-0.3, -0.25) is 0 Å². The molecule has 1 aliphatic rings. The molecule has 1 fully saturated rings. The number of nitrogens with zero attached hydrogens (tertiary/aromatic N) is 2. The molecule has 1 aromatic heterocycles. The topological polar surface area (TPSA) is 66.6 Å². The van der Waals surface area contributed by atoms with Gasteiger partial charge in [0, 0.05) is 37.1 Å². The van der Waals surface area contributed by atoms with Gasteiger partial charge >= 0.3 is 0 Å². The Morgan fingerprint density at radius 1 is 1.53 bits per heavy atom. The van der Waals surface area contributed by atoms with Gasteiger partial charge in [-0.1, -0.05) is 0 Å². The summed E-state index contributed by atoms with van der Waals surface area (Å²) >= 11 is 4.72. The van der Waals surface area contributed by atoms with Gasteiger partial charge in [0.25, 0.3) is 0 Å². The lowest BCUT2D eigenvalue weighted by atomic mass is 10.2. The van der Waals surface area contributed by atoms with Crippen molar-refractivity contribution in [2.45, 2.75) is 24.4 Å². The van der Waals surface area contributed by atoms with Crippen molar-refractivity contribution >= 4 is 37.3 Å². The molecule has 0 saturated carbocycles. The van der Waals surface area contributed by atoms with Gasteiger partial charge in [-0.2, -0.15) is 4.31 Å². The summed E-state index contributed by atoms with van der Waals surface area (Å²) in [4.78, 5) is 3.35. The molecule has 1 atom stereocenters. The van der Waals surface area contributed by atoms with Gasteiger partial charge in [-0.05, 0) is 36.0 Å². The van der Waals surface area contributed by atoms with Crippen LogP contribution in [0.5, 0.6) is 0 Å². The van der Waals surface area contributed by atoms with E-state index in [-0.39, 0.29) is 6.04 Å². The van der Waals surface area contributed by atoms with Crippen LogP contribution in [0.25, 0.3) is 0 Å². The monoisotopic (exact) mass is 367 g/mol. The third-order valence-corrected chi connectivity index (χ3v) is 7.55. The fraction of sp³-hybridized carbons (Fsp3) is 0.636. The number of hydrogen-bond acceptors (Lipinski definition) is 5. The number of thiophene rings is 1. The van der Waals surface area contributed by atoms with Gasteiger partial charge in [0.05, 0.1) is 3.79 Å². The van der Waals surface area contributed by atoms with Crippen LogP contribution in [0.4, 0.5) is 0 Å². The summed E-state index contributed by atoms with van der Waals surface area (Å²) in [5, 5.41) is 0. The van der Waals surface area contributed by atoms with Crippen LogP contribution in [0.2, 0.25) is 0 Å². The Morgan fingerprint density at radius 3 is 2.74 bits per heavy atom. The van der Waals surface area contributed by atoms with Crippen LogP contribution in [0, 0.1) is 0 Å². The highest BCUT2D eigenvalue weighted by molar-refractivity contribution is 9.11. The first-order valence-electron chi connectivity index (χ1n) is 6.05. The van der Waals surface area contributed by atoms with Crippen molar-refractivity contribution in [1.82, 2.24) is 9.21 Å². The highest BCUT2D eigenvalue weighted by Crippen LogP contribution is 2.34. The highest BCUT2D eigenvalue weighted by atomic mass is 79.9. The average molecular weight is 368 g/mol. The van der Waals surface area contributed by atoms with Gasteiger partial charge in [0.2, 0.25) is 10.0 Å². The molecule has 0 aliphatic carbocycles. The first kappa shape index (κ1) is 15.4. The van der Waals surface area contributed by atoms with Crippen LogP contribution < -0.4 is 5.73 Å². The Balaban J connectivity index is 2.34. The maximum atomic E-state index is 12.7. The molecule has 1 unspecified atom stereocenters. The third-order valence-electron chi connectivity index (χ3n) is 3.26. The van der Waals surface area contributed by atoms with Crippen LogP contribution >= 0.6 is 27.3 Å². The van der Waals surface area contributed by atoms with Crippen molar-refractivity contribution in [1.29, 1.82) is 0 Å². The molecule has 2 heterocycles. The second-order valence-corrected chi connectivity index (χ2v) is 9.10. The summed E-state index contributed by atoms with van der Waals surface area (Å²) in [5.74, 6) is 0. The molecule has 0 bridgehead atoms. The largest absolute Gasteiger partial charge is 0.326 e. The molecule has 1 aliphatic heterocycles. The van der Waals surface area contributed by atoms with Gasteiger partial charge in [0.1, 0.15) is 4.90 Å². The zero-order valence-electron chi connectivity index (χ0n) is 11.0. The Hall–Kier alpha value is 0.01000. The number of hydrogen-bond donors (Lipinski definition) is 1. The molecule has 1 aromatic rings. The summed E-state index contributed by atoms with van der Waals surface area (Å²) in [5.41, 5.74) is 5.57. The van der Waals surface area contributed by atoms with E-state index in [9.17, 15) is 8.42 Å². The first-order valence-corrected chi connectivity index (χ1v) is 9.10. The SMILES string of the molecule is CC1CN(C)CCN1S(=O)(=O)c1cc(CN)sc1Br. The molecule has 1 saturated heterocycles. The first-order chi connectivity index (χ1) is 8.86. The highest BCUT2D eigenvalue weighted by Gasteiger charge is 2.34. The number of likely N-dealkylation sites (N-methyl/N-ethyl adjacent to an activating group) is 1. The van der Waals surface area contributed by atoms with Crippen molar-refractivity contribution in [2.24, 2.45) is 5.73 Å². The minimum atomic E-state index is -3.44. The van der Waals surface area contributed by atoms with Crippen molar-refractivity contribution in [3.05, 3.63) is 14.7 Å². The second-order valence-electron chi connectivity index (χ2n) is 4.78. The Labute approximate surface area is 126 Å². The minimum absolute atomic E-state index is 0.0168. The van der Waals surface area contributed by atoms with Crippen LogP contribution in [0.1, 0.15) is 11.8 Å². The fourth-order valence-corrected chi connectivity index (χ4v) is 6.41. The minimum Gasteiger partial charge on any atom is -0.326 e. The molecule has 2 N–H and O–H groups in total. The Kier molecular flexibility index (Phi) is 4.69. The summed E-state index contributed by atoms with van der Waals surface area (Å²) < 4.78 is 27.6. The lowest BCUT2D eigenvalue weighted by Gasteiger charge is -2.37. The van der Waals surface area contributed by atoms with Crippen molar-refractivity contribution in [2.75, 3.05) is 26.7 Å². The van der Waals surface area contributed by atoms with Crippen LogP contribution in [0.15, 0.2) is 14.7 Å². The van der Waals surface area contributed by atoms with Crippen molar-refractivity contribution in [3.63, 3.8) is 0 Å². The molecule has 8 heteroatoms. The lowest BCUT2D eigenvalue weighted by Crippen LogP contribution is -2.52. The molecular formula is C11H18BrN3O2S2. The lowest BCUT2D eigenvalue weighted by molar-refractivity contribution is 0.170. The molecular weight excluding hydrogens is 350 g/mol. The van der Waals surface area contributed by atoms with E-state index in [0.717, 1.165) is 18.0 Å². The van der Waals surface area contributed by atoms with E-state index in [0.29, 0.717) is 21.8 Å². The molecule has 5 nitrogen and oxygen atoms in total. The van der Waals surface area contributed by atoms with Gasteiger partial charge < -0.3 is 10.6 Å². The molecule has 0 radical (unpaired) electrons. The van der Waals surface area contributed by atoms with Crippen LogP contribution in [-0.4, -0.2) is 50.3 Å². The summed E-state index contributed by atoms with van der Waals surface area (Å²) in [6.45, 7) is 4.34. The zero-order valence-corrected chi connectivity index (χ0v) is 14.2. The fourth-order valence-electron chi connectivity index (χ4n) is 2.28. The quantitative estimate of drug-likeness (QED) is 0.873. The normalized spacial score (nSPS) is 22.8. The molecule has 108 valence electrons. The number of rotatable bonds is 3. The number of nitrogens with two attached hydrogens (primary N) is 1. The van der Waals surface area contributed by atoms with Gasteiger partial charge in [-0.25, -0.2) is 8.42 Å². The van der Waals surface area contributed by atoms with Gasteiger partial charge in [0.15, 0.2) is 0 Å². The summed E-state index contributed by atoms with van der Waals surface area (Å²) in [6.07, 6.45) is 0. The maximum Gasteiger partial charge on any atom is 0.245 e. The summed E-state index contributed by atoms with van der Waals surface area (Å²) in [6, 6.07) is 1.66. The van der Waals surface area contributed by atoms with Crippen molar-refractivity contribution < 1.29 is 8.42 Å². The Morgan fingerprint density at radius 2 is 2.21 bits per heavy atom. The van der Waals surface area contributed by atoms with E-state index in [1.165, 1.54) is 11.3 Å². The zero-order chi connectivity index (χ0) is 14.2. The van der Waals surface area contributed by atoms with Crippen LogP contribution in [-0.2, 0) is 16.6 Å². The molecule has 19 heavy (non-hydrogen) atoms. The predicted octanol–water partition coefficient (Wildman–Crippen LogP) is 1.29. The van der Waals surface area contributed by atoms with E-state index in [2.05, 4.69) is 20.8 Å². The molecule has 0 amide bonds. The number of piperazine rings is 1. The smallest absolute Gasteiger partial charge is 0.245 e. The van der Waals surface area contributed by atoms with Crippen LogP contribution in [0.3, 0.4) is 0 Å². The third kappa shape index (κ3) is 3.03. The predicted molar refractivity (Wildman–Crippen MR) is 80.8 cm³/mol. The van der Waals surface area contributed by atoms with E-state index in [4.69, 9.17) is 5.73 Å². The van der Waals surface area contributed by atoms with Gasteiger partial charge in [-0.15, -0.1) is 11.3 Å². The van der Waals surface area contributed by atoms with Crippen molar-refractivity contribution in [3.8, 4) is 0 Å². The molecule has 0 aromatic carbocycles. The number of sulfonamides is 1. The van der Waals surface area contributed by atoms with E-state index in [1.807, 2.05) is 14.0 Å². The van der Waals surface area contributed by atoms with E-state index in [1.54, 1.807) is 10.4 Å². The van der Waals surface area contributed by atoms with E-state index < -0.39 is 10.0 Å². The second kappa shape index (κ2) is 5.79. The summed E-state index contributed by atoms with van der Waals surface area (Å²) in [7, 11) is -1.43. The average Bonchev–Trinajstić information content (AvgIpc) is 2.70. The van der Waals surface area contributed by atoms with E-state index >= 15 is 0 Å². The molecule has 0 spiro atoms. The molecule has 2 rings (SSSR count).